The summed E-state index contributed by atoms with van der Waals surface area (Å²) in [6.07, 6.45) is 16.2. The normalized spacial score (nSPS) is 13.8. The van der Waals surface area contributed by atoms with Crippen molar-refractivity contribution in [2.24, 2.45) is 0 Å². The first-order valence-corrected chi connectivity index (χ1v) is 13.7. The number of ether oxygens (including phenoxy) is 2. The number of methoxy groups -OCH3 is 2. The Morgan fingerprint density at radius 2 is 1.68 bits per heavy atom. The van der Waals surface area contributed by atoms with Crippen molar-refractivity contribution >= 4 is 29.3 Å². The molecule has 8 heteroatoms. The second-order valence-corrected chi connectivity index (χ2v) is 9.48. The van der Waals surface area contributed by atoms with Crippen molar-refractivity contribution in [3.63, 3.8) is 0 Å². The fraction of sp³-hybridized carbons (Fsp3) is 0.344. The second-order valence-electron chi connectivity index (χ2n) is 9.48. The lowest BCUT2D eigenvalue weighted by molar-refractivity contribution is -0.110. The van der Waals surface area contributed by atoms with Crippen LogP contribution in [0.5, 0.6) is 11.5 Å². The van der Waals surface area contributed by atoms with Crippen molar-refractivity contribution in [2.45, 2.75) is 32.1 Å². The molecule has 40 heavy (non-hydrogen) atoms. The average Bonchev–Trinajstić information content (AvgIpc) is 3.50. The Bertz CT molecular complexity index is 1210. The minimum atomic E-state index is -0.497. The number of unbranched alkanes of at least 4 members (excludes halogenated alkanes) is 1. The Morgan fingerprint density at radius 3 is 2.40 bits per heavy atom. The summed E-state index contributed by atoms with van der Waals surface area (Å²) in [4.78, 5) is 27.1. The van der Waals surface area contributed by atoms with E-state index in [2.05, 4.69) is 15.5 Å². The van der Waals surface area contributed by atoms with Crippen LogP contribution >= 0.6 is 0 Å². The zero-order valence-corrected chi connectivity index (χ0v) is 23.4. The molecular weight excluding hydrogens is 504 g/mol. The van der Waals surface area contributed by atoms with Gasteiger partial charge in [-0.2, -0.15) is 0 Å². The third-order valence-corrected chi connectivity index (χ3v) is 6.51. The summed E-state index contributed by atoms with van der Waals surface area (Å²) in [5.41, 5.74) is 1.96. The van der Waals surface area contributed by atoms with Gasteiger partial charge in [0.1, 0.15) is 5.71 Å². The van der Waals surface area contributed by atoms with Crippen LogP contribution in [0.2, 0.25) is 0 Å². The van der Waals surface area contributed by atoms with Gasteiger partial charge in [-0.1, -0.05) is 36.4 Å². The Labute approximate surface area is 237 Å². The van der Waals surface area contributed by atoms with E-state index in [-0.39, 0.29) is 11.6 Å². The maximum atomic E-state index is 12.3. The van der Waals surface area contributed by atoms with Gasteiger partial charge in [0, 0.05) is 17.8 Å². The third kappa shape index (κ3) is 10.2. The fourth-order valence-electron chi connectivity index (χ4n) is 4.28. The molecule has 2 aromatic carbocycles. The van der Waals surface area contributed by atoms with Gasteiger partial charge in [0.2, 0.25) is 0 Å². The molecule has 1 heterocycles. The highest BCUT2D eigenvalue weighted by Gasteiger charge is 2.11. The molecule has 1 fully saturated rings. The van der Waals surface area contributed by atoms with Crippen LogP contribution in [-0.4, -0.2) is 62.8 Å². The van der Waals surface area contributed by atoms with Crippen molar-refractivity contribution < 1.29 is 19.1 Å². The van der Waals surface area contributed by atoms with Gasteiger partial charge in [-0.05, 0) is 99.8 Å². The lowest BCUT2D eigenvalue weighted by atomic mass is 10.1. The molecule has 2 amide bonds. The van der Waals surface area contributed by atoms with Crippen LogP contribution in [0.1, 0.15) is 48.0 Å². The lowest BCUT2D eigenvalue weighted by Gasteiger charge is -2.14. The van der Waals surface area contributed by atoms with Crippen molar-refractivity contribution in [1.82, 2.24) is 10.2 Å². The molecule has 0 unspecified atom stereocenters. The molecule has 2 aromatic rings. The molecule has 212 valence electrons. The number of benzene rings is 2. The van der Waals surface area contributed by atoms with E-state index in [4.69, 9.17) is 14.9 Å². The predicted octanol–water partition coefficient (Wildman–Crippen LogP) is 5.48. The molecule has 0 spiro atoms. The number of hydrogen-bond donors (Lipinski definition) is 3. The number of carbonyl (C=O) groups is 2. The molecule has 0 saturated carbocycles. The summed E-state index contributed by atoms with van der Waals surface area (Å²) < 4.78 is 10.6. The second kappa shape index (κ2) is 16.7. The van der Waals surface area contributed by atoms with Crippen LogP contribution in [0.25, 0.3) is 6.08 Å². The Kier molecular flexibility index (Phi) is 12.7. The van der Waals surface area contributed by atoms with Crippen LogP contribution in [0.3, 0.4) is 0 Å². The maximum absolute atomic E-state index is 12.3. The highest BCUT2D eigenvalue weighted by Crippen LogP contribution is 2.28. The molecule has 1 saturated heterocycles. The molecule has 0 bridgehead atoms. The van der Waals surface area contributed by atoms with Gasteiger partial charge in [0.25, 0.3) is 11.8 Å². The molecule has 8 nitrogen and oxygen atoms in total. The molecule has 1 aliphatic rings. The Hall–Kier alpha value is -4.17. The van der Waals surface area contributed by atoms with E-state index in [1.807, 2.05) is 48.6 Å². The number of nitrogens with one attached hydrogen (secondary N) is 3. The number of rotatable bonds is 15. The molecule has 0 radical (unpaired) electrons. The zero-order valence-electron chi connectivity index (χ0n) is 23.4. The number of carbonyl (C=O) groups excluding carboxylic acids is 2. The first-order chi connectivity index (χ1) is 19.5. The van der Waals surface area contributed by atoms with E-state index in [1.54, 1.807) is 38.5 Å². The largest absolute Gasteiger partial charge is 0.493 e. The van der Waals surface area contributed by atoms with Crippen LogP contribution in [0.15, 0.2) is 72.8 Å². The van der Waals surface area contributed by atoms with E-state index in [1.165, 1.54) is 18.9 Å². The monoisotopic (exact) mass is 544 g/mol. The molecule has 1 aliphatic heterocycles. The Morgan fingerprint density at radius 1 is 0.950 bits per heavy atom. The van der Waals surface area contributed by atoms with Gasteiger partial charge in [-0.15, -0.1) is 0 Å². The summed E-state index contributed by atoms with van der Waals surface area (Å²) in [5, 5.41) is 13.6. The molecule has 0 aliphatic carbocycles. The fourth-order valence-corrected chi connectivity index (χ4v) is 4.28. The summed E-state index contributed by atoms with van der Waals surface area (Å²) in [6.45, 7) is 3.98. The van der Waals surface area contributed by atoms with Gasteiger partial charge in [-0.25, -0.2) is 0 Å². The van der Waals surface area contributed by atoms with Crippen LogP contribution in [-0.2, 0) is 4.79 Å². The van der Waals surface area contributed by atoms with Crippen LogP contribution in [0.4, 0.5) is 5.69 Å². The van der Waals surface area contributed by atoms with Crippen LogP contribution < -0.4 is 20.1 Å². The number of likely N-dealkylation sites (tertiary alicyclic amines) is 1. The Balaban J connectivity index is 1.33. The molecule has 0 aromatic heterocycles. The van der Waals surface area contributed by atoms with Gasteiger partial charge in [-0.3, -0.25) is 15.0 Å². The predicted molar refractivity (Wildman–Crippen MR) is 162 cm³/mol. The van der Waals surface area contributed by atoms with Crippen molar-refractivity contribution in [1.29, 1.82) is 5.41 Å². The minimum Gasteiger partial charge on any atom is -0.493 e. The SMILES string of the molecule is COc1ccc(/C=C/C=C\CC/C=C/C(=N)C(=O)Nc2ccc(C(=O)NCCCN3CCCC3)cc2)cc1OC. The first kappa shape index (κ1) is 30.4. The van der Waals surface area contributed by atoms with Gasteiger partial charge < -0.3 is 25.0 Å². The van der Waals surface area contributed by atoms with E-state index in [0.29, 0.717) is 35.7 Å². The standard InChI is InChI=1S/C32H40N4O4/c1-39-29-19-14-25(24-30(29)40-2)12-7-5-3-4-6-8-13-28(33)32(38)35-27-17-15-26(16-18-27)31(37)34-20-11-23-36-21-9-10-22-36/h3,5,7-8,12-19,24,33H,4,6,9-11,20-23H2,1-2H3,(H,34,37)(H,35,38)/b5-3-,12-7+,13-8+,33-28?. The lowest BCUT2D eigenvalue weighted by Crippen LogP contribution is -2.28. The van der Waals surface area contributed by atoms with E-state index < -0.39 is 5.91 Å². The van der Waals surface area contributed by atoms with Gasteiger partial charge >= 0.3 is 0 Å². The van der Waals surface area contributed by atoms with Crippen LogP contribution in [0, 0.1) is 5.41 Å². The minimum absolute atomic E-state index is 0.125. The summed E-state index contributed by atoms with van der Waals surface area (Å²) in [6, 6.07) is 12.4. The topological polar surface area (TPSA) is 104 Å². The van der Waals surface area contributed by atoms with Gasteiger partial charge in [0.05, 0.1) is 14.2 Å². The third-order valence-electron chi connectivity index (χ3n) is 6.51. The number of anilines is 1. The van der Waals surface area contributed by atoms with E-state index in [0.717, 1.165) is 38.0 Å². The number of allylic oxidation sites excluding steroid dienone is 4. The average molecular weight is 545 g/mol. The van der Waals surface area contributed by atoms with Crippen molar-refractivity contribution in [3.8, 4) is 11.5 Å². The number of amides is 2. The smallest absolute Gasteiger partial charge is 0.273 e. The molecule has 3 N–H and O–H groups in total. The zero-order chi connectivity index (χ0) is 28.6. The summed E-state index contributed by atoms with van der Waals surface area (Å²) in [5.74, 6) is 0.755. The van der Waals surface area contributed by atoms with Crippen molar-refractivity contribution in [3.05, 3.63) is 84.0 Å². The highest BCUT2D eigenvalue weighted by molar-refractivity contribution is 6.45. The molecular formula is C32H40N4O4. The maximum Gasteiger partial charge on any atom is 0.273 e. The summed E-state index contributed by atoms with van der Waals surface area (Å²) >= 11 is 0. The summed E-state index contributed by atoms with van der Waals surface area (Å²) in [7, 11) is 3.22. The van der Waals surface area contributed by atoms with Crippen molar-refractivity contribution in [2.75, 3.05) is 45.7 Å². The van der Waals surface area contributed by atoms with Gasteiger partial charge in [0.15, 0.2) is 11.5 Å². The first-order valence-electron chi connectivity index (χ1n) is 13.7. The highest BCUT2D eigenvalue weighted by atomic mass is 16.5. The van der Waals surface area contributed by atoms with E-state index >= 15 is 0 Å². The quantitative estimate of drug-likeness (QED) is 0.156. The van der Waals surface area contributed by atoms with E-state index in [9.17, 15) is 9.59 Å². The molecule has 0 atom stereocenters. The number of hydrogen-bond acceptors (Lipinski definition) is 6. The molecule has 3 rings (SSSR count). The number of nitrogens with zero attached hydrogens (tertiary/aromatic N) is 1.